The molecule has 0 aliphatic carbocycles. The second-order valence-electron chi connectivity index (χ2n) is 5.93. The highest BCUT2D eigenvalue weighted by molar-refractivity contribution is 5.94. The van der Waals surface area contributed by atoms with Gasteiger partial charge in [0.2, 0.25) is 0 Å². The lowest BCUT2D eigenvalue weighted by molar-refractivity contribution is 0.0950. The number of benzene rings is 2. The zero-order valence-corrected chi connectivity index (χ0v) is 15.5. The zero-order valence-electron chi connectivity index (χ0n) is 15.5. The first-order chi connectivity index (χ1) is 13.6. The van der Waals surface area contributed by atoms with Crippen LogP contribution in [0.4, 0.5) is 15.8 Å². The van der Waals surface area contributed by atoms with E-state index in [9.17, 15) is 9.18 Å². The van der Waals surface area contributed by atoms with E-state index in [1.807, 2.05) is 0 Å². The molecule has 0 fully saturated rings. The second kappa shape index (κ2) is 8.85. The van der Waals surface area contributed by atoms with Crippen LogP contribution in [0, 0.1) is 5.82 Å². The number of nitrogens with zero attached hydrogens (tertiary/aromatic N) is 1. The molecule has 0 saturated heterocycles. The molecule has 3 rings (SSSR count). The van der Waals surface area contributed by atoms with Crippen LogP contribution in [0.5, 0.6) is 11.5 Å². The van der Waals surface area contributed by atoms with Crippen molar-refractivity contribution in [2.24, 2.45) is 0 Å². The van der Waals surface area contributed by atoms with Crippen LogP contribution in [0.2, 0.25) is 0 Å². The summed E-state index contributed by atoms with van der Waals surface area (Å²) in [5.41, 5.74) is 2.04. The molecule has 1 heterocycles. The van der Waals surface area contributed by atoms with Crippen molar-refractivity contribution in [3.63, 3.8) is 0 Å². The summed E-state index contributed by atoms with van der Waals surface area (Å²) < 4.78 is 24.3. The molecule has 1 amide bonds. The van der Waals surface area contributed by atoms with E-state index in [4.69, 9.17) is 9.47 Å². The minimum atomic E-state index is -0.360. The summed E-state index contributed by atoms with van der Waals surface area (Å²) in [6, 6.07) is 13.3. The second-order valence-corrected chi connectivity index (χ2v) is 5.93. The average Bonchev–Trinajstić information content (AvgIpc) is 2.73. The first-order valence-electron chi connectivity index (χ1n) is 8.56. The third-order valence-electron chi connectivity index (χ3n) is 4.08. The minimum Gasteiger partial charge on any atom is -0.497 e. The normalized spacial score (nSPS) is 10.2. The van der Waals surface area contributed by atoms with Crippen molar-refractivity contribution in [2.75, 3.05) is 19.5 Å². The Hall–Kier alpha value is -3.61. The van der Waals surface area contributed by atoms with Gasteiger partial charge in [-0.05, 0) is 24.3 Å². The summed E-state index contributed by atoms with van der Waals surface area (Å²) in [7, 11) is 3.14. The quantitative estimate of drug-likeness (QED) is 0.649. The largest absolute Gasteiger partial charge is 0.497 e. The molecule has 0 aliphatic rings. The number of pyridine rings is 1. The molecule has 0 spiro atoms. The molecule has 6 nitrogen and oxygen atoms in total. The average molecular weight is 381 g/mol. The first-order valence-corrected chi connectivity index (χ1v) is 8.56. The van der Waals surface area contributed by atoms with E-state index in [0.29, 0.717) is 34.0 Å². The summed E-state index contributed by atoms with van der Waals surface area (Å²) in [4.78, 5) is 16.5. The summed E-state index contributed by atoms with van der Waals surface area (Å²) in [5.74, 6) is 0.573. The lowest BCUT2D eigenvalue weighted by Crippen LogP contribution is -2.23. The molecule has 2 N–H and O–H groups in total. The van der Waals surface area contributed by atoms with Crippen LogP contribution in [0.3, 0.4) is 0 Å². The lowest BCUT2D eigenvalue weighted by atomic mass is 10.2. The van der Waals surface area contributed by atoms with Gasteiger partial charge >= 0.3 is 0 Å². The number of carbonyl (C=O) groups excluding carboxylic acids is 1. The van der Waals surface area contributed by atoms with E-state index < -0.39 is 0 Å². The monoisotopic (exact) mass is 381 g/mol. The summed E-state index contributed by atoms with van der Waals surface area (Å²) in [6.45, 7) is 0.0901. The standard InChI is InChI=1S/C21H20FN3O3/c1-27-17-7-8-20(28-2)19(10-17)25-16-9-15(11-23-13-16)21(26)24-12-14-5-3-4-6-18(14)22/h3-11,13,25H,12H2,1-2H3,(H,24,26). The van der Waals surface area contributed by atoms with Crippen LogP contribution in [0.15, 0.2) is 60.9 Å². The van der Waals surface area contributed by atoms with E-state index in [1.54, 1.807) is 62.9 Å². The molecule has 0 saturated carbocycles. The molecule has 0 aliphatic heterocycles. The topological polar surface area (TPSA) is 72.5 Å². The van der Waals surface area contributed by atoms with Crippen molar-refractivity contribution in [3.05, 3.63) is 77.9 Å². The maximum atomic E-state index is 13.7. The van der Waals surface area contributed by atoms with Gasteiger partial charge in [0.15, 0.2) is 0 Å². The van der Waals surface area contributed by atoms with Gasteiger partial charge in [0.1, 0.15) is 17.3 Å². The molecule has 28 heavy (non-hydrogen) atoms. The minimum absolute atomic E-state index is 0.0901. The Labute approximate surface area is 162 Å². The third kappa shape index (κ3) is 4.56. The van der Waals surface area contributed by atoms with Gasteiger partial charge in [-0.2, -0.15) is 0 Å². The zero-order chi connectivity index (χ0) is 19.9. The Kier molecular flexibility index (Phi) is 6.06. The van der Waals surface area contributed by atoms with Gasteiger partial charge in [-0.25, -0.2) is 4.39 Å². The molecule has 2 aromatic carbocycles. The summed E-state index contributed by atoms with van der Waals surface area (Å²) >= 11 is 0. The number of hydrogen-bond donors (Lipinski definition) is 2. The fraction of sp³-hybridized carbons (Fsp3) is 0.143. The van der Waals surface area contributed by atoms with E-state index in [-0.39, 0.29) is 18.3 Å². The smallest absolute Gasteiger partial charge is 0.253 e. The van der Waals surface area contributed by atoms with Gasteiger partial charge < -0.3 is 20.1 Å². The van der Waals surface area contributed by atoms with Gasteiger partial charge in [-0.15, -0.1) is 0 Å². The van der Waals surface area contributed by atoms with Gasteiger partial charge in [0.05, 0.1) is 37.4 Å². The van der Waals surface area contributed by atoms with E-state index >= 15 is 0 Å². The van der Waals surface area contributed by atoms with Gasteiger partial charge in [-0.3, -0.25) is 9.78 Å². The number of anilines is 2. The maximum absolute atomic E-state index is 13.7. The van der Waals surface area contributed by atoms with Crippen LogP contribution in [-0.2, 0) is 6.54 Å². The number of aromatic nitrogens is 1. The van der Waals surface area contributed by atoms with E-state index in [2.05, 4.69) is 15.6 Å². The Morgan fingerprint density at radius 1 is 1.07 bits per heavy atom. The van der Waals surface area contributed by atoms with Crippen molar-refractivity contribution in [2.45, 2.75) is 6.54 Å². The van der Waals surface area contributed by atoms with Gasteiger partial charge in [-0.1, -0.05) is 18.2 Å². The molecule has 0 bridgehead atoms. The molecular weight excluding hydrogens is 361 g/mol. The number of rotatable bonds is 7. The molecule has 0 unspecified atom stereocenters. The molecule has 0 radical (unpaired) electrons. The lowest BCUT2D eigenvalue weighted by Gasteiger charge is -2.13. The predicted octanol–water partition coefficient (Wildman–Crippen LogP) is 3.91. The number of carbonyl (C=O) groups is 1. The molecule has 144 valence electrons. The van der Waals surface area contributed by atoms with Crippen LogP contribution in [-0.4, -0.2) is 25.1 Å². The van der Waals surface area contributed by atoms with Gasteiger partial charge in [0.25, 0.3) is 5.91 Å². The fourth-order valence-electron chi connectivity index (χ4n) is 2.62. The van der Waals surface area contributed by atoms with Crippen LogP contribution < -0.4 is 20.1 Å². The molecule has 0 atom stereocenters. The Bertz CT molecular complexity index is 979. The van der Waals surface area contributed by atoms with Crippen molar-refractivity contribution in [1.82, 2.24) is 10.3 Å². The number of hydrogen-bond acceptors (Lipinski definition) is 5. The first kappa shape index (κ1) is 19.2. The highest BCUT2D eigenvalue weighted by atomic mass is 19.1. The van der Waals surface area contributed by atoms with Crippen molar-refractivity contribution in [3.8, 4) is 11.5 Å². The van der Waals surface area contributed by atoms with E-state index in [1.165, 1.54) is 12.3 Å². The highest BCUT2D eigenvalue weighted by Gasteiger charge is 2.10. The molecular formula is C21H20FN3O3. The Balaban J connectivity index is 1.73. The Morgan fingerprint density at radius 2 is 1.89 bits per heavy atom. The Morgan fingerprint density at radius 3 is 2.64 bits per heavy atom. The van der Waals surface area contributed by atoms with Gasteiger partial charge in [0, 0.05) is 24.4 Å². The third-order valence-corrected chi connectivity index (χ3v) is 4.08. The van der Waals surface area contributed by atoms with Crippen LogP contribution >= 0.6 is 0 Å². The SMILES string of the molecule is COc1ccc(OC)c(Nc2cncc(C(=O)NCc3ccccc3F)c2)c1. The fourth-order valence-corrected chi connectivity index (χ4v) is 2.62. The predicted molar refractivity (Wildman–Crippen MR) is 105 cm³/mol. The highest BCUT2D eigenvalue weighted by Crippen LogP contribution is 2.31. The number of methoxy groups -OCH3 is 2. The molecule has 1 aromatic heterocycles. The van der Waals surface area contributed by atoms with E-state index in [0.717, 1.165) is 0 Å². The van der Waals surface area contributed by atoms with Crippen LogP contribution in [0.25, 0.3) is 0 Å². The summed E-state index contributed by atoms with van der Waals surface area (Å²) in [6.07, 6.45) is 3.04. The summed E-state index contributed by atoms with van der Waals surface area (Å²) in [5, 5.41) is 5.87. The van der Waals surface area contributed by atoms with Crippen LogP contribution in [0.1, 0.15) is 15.9 Å². The van der Waals surface area contributed by atoms with Crippen molar-refractivity contribution in [1.29, 1.82) is 0 Å². The number of amides is 1. The maximum Gasteiger partial charge on any atom is 0.253 e. The van der Waals surface area contributed by atoms with Crippen molar-refractivity contribution < 1.29 is 18.7 Å². The molecule has 7 heteroatoms. The molecule has 3 aromatic rings. The number of halogens is 1. The number of ether oxygens (including phenoxy) is 2. The van der Waals surface area contributed by atoms with Crippen molar-refractivity contribution >= 4 is 17.3 Å². The number of nitrogens with one attached hydrogen (secondary N) is 2.